The Bertz CT molecular complexity index is 844. The van der Waals surface area contributed by atoms with Crippen LogP contribution in [-0.4, -0.2) is 13.0 Å². The number of benzene rings is 2. The third kappa shape index (κ3) is 10.3. The largest absolute Gasteiger partial charge is 0.456 e. The number of ether oxygens (including phenoxy) is 1. The smallest absolute Gasteiger partial charge is 0.298 e. The maximum atomic E-state index is 11.5. The first-order valence-electron chi connectivity index (χ1n) is 11.8. The molecule has 2 aromatic carbocycles. The molecule has 1 N–H and O–H groups in total. The van der Waals surface area contributed by atoms with Gasteiger partial charge in [-0.2, -0.15) is 8.42 Å². The zero-order valence-corrected chi connectivity index (χ0v) is 19.7. The number of hydrogen-bond donors (Lipinski definition) is 1. The van der Waals surface area contributed by atoms with E-state index in [2.05, 4.69) is 6.92 Å². The predicted octanol–water partition coefficient (Wildman–Crippen LogP) is 7.97. The molecule has 0 aliphatic carbocycles. The number of unbranched alkanes of at least 4 members (excludes halogenated alkanes) is 11. The summed E-state index contributed by atoms with van der Waals surface area (Å²) in [5, 5.41) is 0. The molecule has 5 heteroatoms. The van der Waals surface area contributed by atoms with Crippen molar-refractivity contribution in [2.24, 2.45) is 0 Å². The third-order valence-corrected chi connectivity index (χ3v) is 6.49. The first-order chi connectivity index (χ1) is 15.0. The minimum Gasteiger partial charge on any atom is -0.456 e. The Labute approximate surface area is 188 Å². The highest BCUT2D eigenvalue weighted by Crippen LogP contribution is 2.28. The van der Waals surface area contributed by atoms with Gasteiger partial charge in [0.15, 0.2) is 0 Å². The average Bonchev–Trinajstić information content (AvgIpc) is 2.75. The lowest BCUT2D eigenvalue weighted by atomic mass is 10.0. The summed E-state index contributed by atoms with van der Waals surface area (Å²) in [4.78, 5) is -0.226. The maximum absolute atomic E-state index is 11.5. The molecular weight excluding hydrogens is 408 g/mol. The second kappa shape index (κ2) is 14.3. The molecule has 0 aromatic heterocycles. The monoisotopic (exact) mass is 446 g/mol. The fourth-order valence-corrected chi connectivity index (χ4v) is 4.38. The Morgan fingerprint density at radius 1 is 0.710 bits per heavy atom. The van der Waals surface area contributed by atoms with E-state index in [1.54, 1.807) is 12.1 Å². The zero-order chi connectivity index (χ0) is 22.4. The van der Waals surface area contributed by atoms with Crippen LogP contribution in [0.2, 0.25) is 0 Å². The molecule has 2 aromatic rings. The summed E-state index contributed by atoms with van der Waals surface area (Å²) in [5.74, 6) is 0.674. The van der Waals surface area contributed by atoms with Gasteiger partial charge in [-0.1, -0.05) is 102 Å². The Morgan fingerprint density at radius 2 is 1.23 bits per heavy atom. The van der Waals surface area contributed by atoms with Crippen molar-refractivity contribution >= 4 is 10.1 Å². The van der Waals surface area contributed by atoms with Gasteiger partial charge in [0.1, 0.15) is 16.4 Å². The molecule has 0 fully saturated rings. The van der Waals surface area contributed by atoms with Gasteiger partial charge < -0.3 is 4.74 Å². The summed E-state index contributed by atoms with van der Waals surface area (Å²) in [5.41, 5.74) is 1.25. The number of hydrogen-bond acceptors (Lipinski definition) is 3. The second-order valence-corrected chi connectivity index (χ2v) is 9.70. The number of para-hydroxylation sites is 1. The quantitative estimate of drug-likeness (QED) is 0.210. The highest BCUT2D eigenvalue weighted by atomic mass is 32.2. The molecule has 0 saturated carbocycles. The van der Waals surface area contributed by atoms with E-state index in [9.17, 15) is 13.0 Å². The van der Waals surface area contributed by atoms with E-state index in [0.29, 0.717) is 5.75 Å². The van der Waals surface area contributed by atoms with Crippen LogP contribution >= 0.6 is 0 Å². The molecule has 0 amide bonds. The number of aryl methyl sites for hydroxylation is 1. The standard InChI is InChI=1S/C26H38O4S/c1-2-3-4-5-6-7-8-9-10-11-12-13-16-23-19-21-24(22-20-23)30-25-17-14-15-18-26(25)31(27,28)29/h14-15,17-22H,2-13,16H2,1H3,(H,27,28,29). The highest BCUT2D eigenvalue weighted by molar-refractivity contribution is 7.86. The summed E-state index contributed by atoms with van der Waals surface area (Å²) in [7, 11) is -4.32. The Balaban J connectivity index is 1.61. The lowest BCUT2D eigenvalue weighted by Crippen LogP contribution is -2.00. The maximum Gasteiger partial charge on any atom is 0.298 e. The molecule has 0 heterocycles. The normalized spacial score (nSPS) is 11.5. The first-order valence-corrected chi connectivity index (χ1v) is 13.3. The van der Waals surface area contributed by atoms with Crippen LogP contribution in [0.15, 0.2) is 53.4 Å². The highest BCUT2D eigenvalue weighted by Gasteiger charge is 2.16. The average molecular weight is 447 g/mol. The van der Waals surface area contributed by atoms with Crippen LogP contribution < -0.4 is 4.74 Å². The minimum absolute atomic E-state index is 0.124. The molecular formula is C26H38O4S. The van der Waals surface area contributed by atoms with Gasteiger partial charge in [0, 0.05) is 0 Å². The van der Waals surface area contributed by atoms with Gasteiger partial charge in [0.2, 0.25) is 0 Å². The van der Waals surface area contributed by atoms with Gasteiger partial charge in [0.25, 0.3) is 10.1 Å². The fourth-order valence-electron chi connectivity index (χ4n) is 3.77. The van der Waals surface area contributed by atoms with E-state index in [1.807, 2.05) is 24.3 Å². The lowest BCUT2D eigenvalue weighted by molar-refractivity contribution is 0.450. The third-order valence-electron chi connectivity index (χ3n) is 5.60. The Morgan fingerprint density at radius 3 is 1.77 bits per heavy atom. The van der Waals surface area contributed by atoms with Crippen molar-refractivity contribution in [1.82, 2.24) is 0 Å². The van der Waals surface area contributed by atoms with Crippen molar-refractivity contribution in [1.29, 1.82) is 0 Å². The van der Waals surface area contributed by atoms with Crippen molar-refractivity contribution in [2.75, 3.05) is 0 Å². The van der Waals surface area contributed by atoms with Gasteiger partial charge in [-0.3, -0.25) is 4.55 Å². The van der Waals surface area contributed by atoms with Crippen molar-refractivity contribution < 1.29 is 17.7 Å². The van der Waals surface area contributed by atoms with Crippen LogP contribution in [0.5, 0.6) is 11.5 Å². The fraction of sp³-hybridized carbons (Fsp3) is 0.538. The molecule has 0 atom stereocenters. The van der Waals surface area contributed by atoms with Crippen LogP contribution in [0, 0.1) is 0 Å². The van der Waals surface area contributed by atoms with Gasteiger partial charge in [-0.05, 0) is 42.7 Å². The molecule has 0 spiro atoms. The van der Waals surface area contributed by atoms with E-state index in [0.717, 1.165) is 6.42 Å². The molecule has 0 aliphatic heterocycles. The van der Waals surface area contributed by atoms with Crippen LogP contribution in [0.25, 0.3) is 0 Å². The van der Waals surface area contributed by atoms with Gasteiger partial charge in [0.05, 0.1) is 0 Å². The Kier molecular flexibility index (Phi) is 11.7. The van der Waals surface area contributed by atoms with Crippen LogP contribution in [0.4, 0.5) is 0 Å². The van der Waals surface area contributed by atoms with Crippen molar-refractivity contribution in [3.8, 4) is 11.5 Å². The van der Waals surface area contributed by atoms with Crippen molar-refractivity contribution in [3.05, 3.63) is 54.1 Å². The molecule has 0 bridgehead atoms. The Hall–Kier alpha value is -1.85. The van der Waals surface area contributed by atoms with E-state index in [4.69, 9.17) is 4.74 Å². The number of rotatable bonds is 16. The van der Waals surface area contributed by atoms with Crippen LogP contribution in [-0.2, 0) is 16.5 Å². The molecule has 0 saturated heterocycles. The van der Waals surface area contributed by atoms with E-state index in [-0.39, 0.29) is 10.6 Å². The summed E-state index contributed by atoms with van der Waals surface area (Å²) >= 11 is 0. The summed E-state index contributed by atoms with van der Waals surface area (Å²) in [6.45, 7) is 2.26. The molecule has 0 aliphatic rings. The summed E-state index contributed by atoms with van der Waals surface area (Å²) in [6.07, 6.45) is 17.2. The molecule has 31 heavy (non-hydrogen) atoms. The van der Waals surface area contributed by atoms with E-state index >= 15 is 0 Å². The molecule has 0 unspecified atom stereocenters. The first kappa shape index (κ1) is 25.4. The summed E-state index contributed by atoms with van der Waals surface area (Å²) < 4.78 is 37.9. The molecule has 2 rings (SSSR count). The predicted molar refractivity (Wildman–Crippen MR) is 128 cm³/mol. The molecule has 4 nitrogen and oxygen atoms in total. The van der Waals surface area contributed by atoms with Gasteiger partial charge in [-0.15, -0.1) is 0 Å². The van der Waals surface area contributed by atoms with Crippen molar-refractivity contribution in [2.45, 2.75) is 95.3 Å². The summed E-state index contributed by atoms with van der Waals surface area (Å²) in [6, 6.07) is 13.8. The molecule has 172 valence electrons. The second-order valence-electron chi connectivity index (χ2n) is 8.31. The van der Waals surface area contributed by atoms with Crippen LogP contribution in [0.1, 0.15) is 89.5 Å². The van der Waals surface area contributed by atoms with Gasteiger partial charge in [-0.25, -0.2) is 0 Å². The van der Waals surface area contributed by atoms with Crippen LogP contribution in [0.3, 0.4) is 0 Å². The topological polar surface area (TPSA) is 63.6 Å². The minimum atomic E-state index is -4.32. The van der Waals surface area contributed by atoms with E-state index < -0.39 is 10.1 Å². The molecule has 0 radical (unpaired) electrons. The van der Waals surface area contributed by atoms with Crippen molar-refractivity contribution in [3.63, 3.8) is 0 Å². The lowest BCUT2D eigenvalue weighted by Gasteiger charge is -2.10. The SMILES string of the molecule is CCCCCCCCCCCCCCc1ccc(Oc2ccccc2S(=O)(=O)O)cc1. The van der Waals surface area contributed by atoms with Gasteiger partial charge >= 0.3 is 0 Å². The van der Waals surface area contributed by atoms with E-state index in [1.165, 1.54) is 94.7 Å². The zero-order valence-electron chi connectivity index (χ0n) is 18.9.